The van der Waals surface area contributed by atoms with E-state index in [-0.39, 0.29) is 0 Å². The van der Waals surface area contributed by atoms with E-state index in [1.165, 1.54) is 12.8 Å². The van der Waals surface area contributed by atoms with Crippen LogP contribution in [0.3, 0.4) is 0 Å². The first-order valence-electron chi connectivity index (χ1n) is 3.58. The summed E-state index contributed by atoms with van der Waals surface area (Å²) in [4.78, 5) is 0. The average molecular weight is 126 g/mol. The fraction of sp³-hybridized carbons (Fsp3) is 0.857. The number of nitrogens with one attached hydrogen (secondary N) is 1. The Morgan fingerprint density at radius 3 is 2.67 bits per heavy atom. The lowest BCUT2D eigenvalue weighted by Crippen LogP contribution is -2.08. The molecule has 0 unspecified atom stereocenters. The highest BCUT2D eigenvalue weighted by Gasteiger charge is 2.19. The molecule has 1 aliphatic carbocycles. The van der Waals surface area contributed by atoms with Gasteiger partial charge in [0.2, 0.25) is 0 Å². The first kappa shape index (κ1) is 6.59. The van der Waals surface area contributed by atoms with Crippen LogP contribution in [0.25, 0.3) is 0 Å². The van der Waals surface area contributed by atoms with Crippen LogP contribution in [-0.4, -0.2) is 12.3 Å². The van der Waals surface area contributed by atoms with Crippen LogP contribution in [0.5, 0.6) is 0 Å². The van der Waals surface area contributed by atoms with Gasteiger partial charge < -0.3 is 5.43 Å². The molecule has 0 aromatic carbocycles. The summed E-state index contributed by atoms with van der Waals surface area (Å²) in [6.45, 7) is 4.25. The zero-order valence-corrected chi connectivity index (χ0v) is 6.09. The molecule has 0 aromatic rings. The molecule has 0 saturated heterocycles. The Morgan fingerprint density at radius 2 is 2.22 bits per heavy atom. The van der Waals surface area contributed by atoms with E-state index in [1.807, 2.05) is 6.21 Å². The van der Waals surface area contributed by atoms with Crippen LogP contribution in [-0.2, 0) is 0 Å². The van der Waals surface area contributed by atoms with Crippen molar-refractivity contribution in [1.29, 1.82) is 0 Å². The third kappa shape index (κ3) is 3.12. The SMILES string of the molecule is CC(C)/C=N/NC1CC1. The summed E-state index contributed by atoms with van der Waals surface area (Å²) in [5, 5.41) is 4.06. The minimum atomic E-state index is 0.566. The molecule has 1 fully saturated rings. The smallest absolute Gasteiger partial charge is 0.0441 e. The minimum absolute atomic E-state index is 0.566. The van der Waals surface area contributed by atoms with E-state index in [1.54, 1.807) is 0 Å². The molecule has 52 valence electrons. The van der Waals surface area contributed by atoms with Gasteiger partial charge in [-0.1, -0.05) is 13.8 Å². The lowest BCUT2D eigenvalue weighted by atomic mass is 10.3. The number of hydrazone groups is 1. The summed E-state index contributed by atoms with van der Waals surface area (Å²) in [5.74, 6) is 0.566. The van der Waals surface area contributed by atoms with Crippen molar-refractivity contribution in [2.24, 2.45) is 11.0 Å². The van der Waals surface area contributed by atoms with Gasteiger partial charge in [0.05, 0.1) is 0 Å². The van der Waals surface area contributed by atoms with Crippen LogP contribution in [0.2, 0.25) is 0 Å². The Balaban J connectivity index is 2.01. The second kappa shape index (κ2) is 2.85. The second-order valence-electron chi connectivity index (χ2n) is 2.93. The van der Waals surface area contributed by atoms with Gasteiger partial charge in [0.1, 0.15) is 0 Å². The molecule has 0 spiro atoms. The normalized spacial score (nSPS) is 19.4. The van der Waals surface area contributed by atoms with Gasteiger partial charge in [-0.2, -0.15) is 5.10 Å². The van der Waals surface area contributed by atoms with Crippen molar-refractivity contribution in [1.82, 2.24) is 5.43 Å². The van der Waals surface area contributed by atoms with Gasteiger partial charge in [-0.3, -0.25) is 0 Å². The Hall–Kier alpha value is -0.530. The Labute approximate surface area is 56.3 Å². The van der Waals surface area contributed by atoms with Gasteiger partial charge in [-0.25, -0.2) is 0 Å². The molecule has 2 heteroatoms. The van der Waals surface area contributed by atoms with E-state index in [4.69, 9.17) is 0 Å². The van der Waals surface area contributed by atoms with Crippen molar-refractivity contribution in [3.05, 3.63) is 0 Å². The Kier molecular flexibility index (Phi) is 2.09. The largest absolute Gasteiger partial charge is 0.307 e. The molecule has 0 heterocycles. The molecule has 9 heavy (non-hydrogen) atoms. The highest BCUT2D eigenvalue weighted by atomic mass is 15.3. The molecule has 0 aromatic heterocycles. The fourth-order valence-electron chi connectivity index (χ4n) is 0.510. The second-order valence-corrected chi connectivity index (χ2v) is 2.93. The fourth-order valence-corrected chi connectivity index (χ4v) is 0.510. The quantitative estimate of drug-likeness (QED) is 0.448. The molecule has 0 aliphatic heterocycles. The third-order valence-corrected chi connectivity index (χ3v) is 1.21. The van der Waals surface area contributed by atoms with E-state index in [0.29, 0.717) is 12.0 Å². The number of rotatable bonds is 3. The van der Waals surface area contributed by atoms with Crippen molar-refractivity contribution in [3.63, 3.8) is 0 Å². The molecule has 1 rings (SSSR count). The van der Waals surface area contributed by atoms with Gasteiger partial charge in [0, 0.05) is 12.3 Å². The van der Waals surface area contributed by atoms with Gasteiger partial charge in [-0.05, 0) is 18.8 Å². The zero-order chi connectivity index (χ0) is 6.69. The summed E-state index contributed by atoms with van der Waals surface area (Å²) < 4.78 is 0. The lowest BCUT2D eigenvalue weighted by Gasteiger charge is -1.94. The lowest BCUT2D eigenvalue weighted by molar-refractivity contribution is 0.729. The maximum absolute atomic E-state index is 4.06. The van der Waals surface area contributed by atoms with Crippen LogP contribution in [0, 0.1) is 5.92 Å². The van der Waals surface area contributed by atoms with Crippen LogP contribution in [0.4, 0.5) is 0 Å². The van der Waals surface area contributed by atoms with Crippen molar-refractivity contribution in [2.45, 2.75) is 32.7 Å². The van der Waals surface area contributed by atoms with Gasteiger partial charge in [-0.15, -0.1) is 0 Å². The predicted octanol–water partition coefficient (Wildman–Crippen LogP) is 1.38. The molecule has 0 amide bonds. The van der Waals surface area contributed by atoms with Crippen molar-refractivity contribution in [2.75, 3.05) is 0 Å². The van der Waals surface area contributed by atoms with Gasteiger partial charge in [0.25, 0.3) is 0 Å². The molecule has 1 aliphatic rings. The third-order valence-electron chi connectivity index (χ3n) is 1.21. The molecule has 2 nitrogen and oxygen atoms in total. The van der Waals surface area contributed by atoms with Crippen LogP contribution in [0.15, 0.2) is 5.10 Å². The Morgan fingerprint density at radius 1 is 1.56 bits per heavy atom. The zero-order valence-electron chi connectivity index (χ0n) is 6.09. The summed E-state index contributed by atoms with van der Waals surface area (Å²) in [6, 6.07) is 0.694. The maximum Gasteiger partial charge on any atom is 0.0441 e. The van der Waals surface area contributed by atoms with Crippen LogP contribution < -0.4 is 5.43 Å². The van der Waals surface area contributed by atoms with E-state index >= 15 is 0 Å². The monoisotopic (exact) mass is 126 g/mol. The van der Waals surface area contributed by atoms with Crippen molar-refractivity contribution >= 4 is 6.21 Å². The highest BCUT2D eigenvalue weighted by Crippen LogP contribution is 2.18. The molecule has 0 bridgehead atoms. The van der Waals surface area contributed by atoms with Crippen LogP contribution in [0.1, 0.15) is 26.7 Å². The molecular weight excluding hydrogens is 112 g/mol. The van der Waals surface area contributed by atoms with Crippen molar-refractivity contribution < 1.29 is 0 Å². The summed E-state index contributed by atoms with van der Waals surface area (Å²) in [7, 11) is 0. The molecule has 1 N–H and O–H groups in total. The summed E-state index contributed by atoms with van der Waals surface area (Å²) in [5.41, 5.74) is 3.06. The maximum atomic E-state index is 4.06. The molecule has 1 saturated carbocycles. The predicted molar refractivity (Wildman–Crippen MR) is 39.5 cm³/mol. The van der Waals surface area contributed by atoms with E-state index in [9.17, 15) is 0 Å². The van der Waals surface area contributed by atoms with Crippen molar-refractivity contribution in [3.8, 4) is 0 Å². The molecule has 0 radical (unpaired) electrons. The topological polar surface area (TPSA) is 24.4 Å². The number of nitrogens with zero attached hydrogens (tertiary/aromatic N) is 1. The van der Waals surface area contributed by atoms with E-state index < -0.39 is 0 Å². The summed E-state index contributed by atoms with van der Waals surface area (Å²) >= 11 is 0. The van der Waals surface area contributed by atoms with Gasteiger partial charge >= 0.3 is 0 Å². The number of hydrogen-bond acceptors (Lipinski definition) is 2. The summed E-state index contributed by atoms with van der Waals surface area (Å²) in [6.07, 6.45) is 4.54. The first-order chi connectivity index (χ1) is 4.29. The van der Waals surface area contributed by atoms with E-state index in [2.05, 4.69) is 24.4 Å². The molecule has 0 atom stereocenters. The van der Waals surface area contributed by atoms with E-state index in [0.717, 1.165) is 0 Å². The number of hydrogen-bond donors (Lipinski definition) is 1. The molecular formula is C7H14N2. The first-order valence-corrected chi connectivity index (χ1v) is 3.58. The van der Waals surface area contributed by atoms with Gasteiger partial charge in [0.15, 0.2) is 0 Å². The Bertz CT molecular complexity index is 103. The average Bonchev–Trinajstić information content (AvgIpc) is 2.48. The minimum Gasteiger partial charge on any atom is -0.307 e. The standard InChI is InChI=1S/C7H14N2/c1-6(2)5-8-9-7-3-4-7/h5-7,9H,3-4H2,1-2H3/b8-5+. The highest BCUT2D eigenvalue weighted by molar-refractivity contribution is 5.59. The van der Waals surface area contributed by atoms with Crippen LogP contribution >= 0.6 is 0 Å².